The van der Waals surface area contributed by atoms with Crippen LogP contribution in [-0.4, -0.2) is 0 Å². The van der Waals surface area contributed by atoms with Gasteiger partial charge in [-0.1, -0.05) is 28.1 Å². The molecule has 0 spiro atoms. The smallest absolute Gasteiger partial charge is 0.0557 e. The van der Waals surface area contributed by atoms with E-state index < -0.39 is 0 Å². The van der Waals surface area contributed by atoms with Gasteiger partial charge in [0.15, 0.2) is 0 Å². The van der Waals surface area contributed by atoms with E-state index in [1.54, 1.807) is 0 Å². The van der Waals surface area contributed by atoms with Crippen LogP contribution < -0.4 is 0 Å². The van der Waals surface area contributed by atoms with Crippen molar-refractivity contribution in [3.8, 4) is 0 Å². The number of benzene rings is 1. The van der Waals surface area contributed by atoms with Crippen LogP contribution in [0.1, 0.15) is 17.9 Å². The third-order valence-corrected chi connectivity index (χ3v) is 2.05. The van der Waals surface area contributed by atoms with Crippen LogP contribution in [0.2, 0.25) is 0 Å². The predicted octanol–water partition coefficient (Wildman–Crippen LogP) is 3.75. The summed E-state index contributed by atoms with van der Waals surface area (Å²) in [6.07, 6.45) is 0. The van der Waals surface area contributed by atoms with Crippen molar-refractivity contribution in [3.63, 3.8) is 0 Å². The molecular formula is C8H8BrCl. The molecule has 0 unspecified atom stereocenters. The van der Waals surface area contributed by atoms with E-state index in [-0.39, 0.29) is 5.38 Å². The van der Waals surface area contributed by atoms with Gasteiger partial charge in [-0.05, 0) is 24.6 Å². The second-order valence-corrected chi connectivity index (χ2v) is 3.74. The fourth-order valence-electron chi connectivity index (χ4n) is 0.754. The molecule has 0 bridgehead atoms. The maximum Gasteiger partial charge on any atom is 0.0557 e. The van der Waals surface area contributed by atoms with Gasteiger partial charge in [-0.3, -0.25) is 0 Å². The highest BCUT2D eigenvalue weighted by atomic mass is 79.9. The Morgan fingerprint density at radius 1 is 1.50 bits per heavy atom. The number of rotatable bonds is 1. The van der Waals surface area contributed by atoms with Crippen molar-refractivity contribution in [2.75, 3.05) is 0 Å². The number of alkyl halides is 1. The Kier molecular flexibility index (Phi) is 2.75. The van der Waals surface area contributed by atoms with Crippen molar-refractivity contribution in [1.29, 1.82) is 0 Å². The van der Waals surface area contributed by atoms with E-state index in [2.05, 4.69) is 15.9 Å². The molecule has 1 rings (SSSR count). The van der Waals surface area contributed by atoms with E-state index >= 15 is 0 Å². The van der Waals surface area contributed by atoms with E-state index in [4.69, 9.17) is 11.6 Å². The summed E-state index contributed by atoms with van der Waals surface area (Å²) in [6, 6.07) is 8.02. The summed E-state index contributed by atoms with van der Waals surface area (Å²) in [6.45, 7) is 1.96. The van der Waals surface area contributed by atoms with Crippen LogP contribution in [0, 0.1) is 0 Å². The Bertz CT molecular complexity index is 220. The highest BCUT2D eigenvalue weighted by Crippen LogP contribution is 2.21. The van der Waals surface area contributed by atoms with Crippen LogP contribution in [0.5, 0.6) is 0 Å². The van der Waals surface area contributed by atoms with Crippen LogP contribution in [-0.2, 0) is 0 Å². The molecule has 1 aromatic carbocycles. The molecule has 0 saturated heterocycles. The molecular weight excluding hydrogens is 211 g/mol. The zero-order valence-corrected chi connectivity index (χ0v) is 7.98. The normalized spacial score (nSPS) is 13.1. The molecule has 0 nitrogen and oxygen atoms in total. The number of hydrogen-bond donors (Lipinski definition) is 0. The summed E-state index contributed by atoms with van der Waals surface area (Å²) in [7, 11) is 0. The zero-order valence-electron chi connectivity index (χ0n) is 5.64. The van der Waals surface area contributed by atoms with E-state index in [0.29, 0.717) is 0 Å². The van der Waals surface area contributed by atoms with Gasteiger partial charge in [-0.25, -0.2) is 0 Å². The van der Waals surface area contributed by atoms with E-state index in [0.717, 1.165) is 10.0 Å². The first kappa shape index (κ1) is 8.09. The lowest BCUT2D eigenvalue weighted by Crippen LogP contribution is -1.81. The van der Waals surface area contributed by atoms with Crippen molar-refractivity contribution in [3.05, 3.63) is 34.3 Å². The van der Waals surface area contributed by atoms with Crippen LogP contribution in [0.25, 0.3) is 0 Å². The maximum atomic E-state index is 5.85. The number of hydrogen-bond acceptors (Lipinski definition) is 0. The summed E-state index contributed by atoms with van der Waals surface area (Å²) >= 11 is 9.23. The van der Waals surface area contributed by atoms with E-state index in [9.17, 15) is 0 Å². The van der Waals surface area contributed by atoms with E-state index in [1.165, 1.54) is 0 Å². The maximum absolute atomic E-state index is 5.85. The van der Waals surface area contributed by atoms with Crippen molar-refractivity contribution in [2.24, 2.45) is 0 Å². The lowest BCUT2D eigenvalue weighted by molar-refractivity contribution is 1.08. The average Bonchev–Trinajstić information content (AvgIpc) is 1.88. The molecule has 0 aromatic heterocycles. The molecule has 1 aromatic rings. The fraction of sp³-hybridized carbons (Fsp3) is 0.250. The third kappa shape index (κ3) is 1.99. The van der Waals surface area contributed by atoms with E-state index in [1.807, 2.05) is 31.2 Å². The van der Waals surface area contributed by atoms with Crippen LogP contribution in [0.15, 0.2) is 28.7 Å². The van der Waals surface area contributed by atoms with Gasteiger partial charge in [-0.2, -0.15) is 0 Å². The van der Waals surface area contributed by atoms with Gasteiger partial charge in [-0.15, -0.1) is 11.6 Å². The Morgan fingerprint density at radius 3 is 2.60 bits per heavy atom. The summed E-state index contributed by atoms with van der Waals surface area (Å²) in [5, 5.41) is 0.0949. The van der Waals surface area contributed by atoms with Crippen molar-refractivity contribution >= 4 is 27.5 Å². The zero-order chi connectivity index (χ0) is 7.56. The van der Waals surface area contributed by atoms with Crippen molar-refractivity contribution in [2.45, 2.75) is 12.3 Å². The van der Waals surface area contributed by atoms with Crippen molar-refractivity contribution in [1.82, 2.24) is 0 Å². The average molecular weight is 220 g/mol. The third-order valence-electron chi connectivity index (χ3n) is 1.31. The Labute approximate surface area is 74.3 Å². The predicted molar refractivity (Wildman–Crippen MR) is 48.4 cm³/mol. The Hall–Kier alpha value is -0.0100. The first-order valence-corrected chi connectivity index (χ1v) is 4.32. The summed E-state index contributed by atoms with van der Waals surface area (Å²) < 4.78 is 1.08. The van der Waals surface area contributed by atoms with Crippen LogP contribution >= 0.6 is 27.5 Å². The lowest BCUT2D eigenvalue weighted by atomic mass is 10.2. The van der Waals surface area contributed by atoms with Gasteiger partial charge in [0.1, 0.15) is 0 Å². The second kappa shape index (κ2) is 3.40. The minimum Gasteiger partial charge on any atom is -0.118 e. The molecule has 10 heavy (non-hydrogen) atoms. The SMILES string of the molecule is C[C@@H](Cl)c1cccc(Br)c1. The quantitative estimate of drug-likeness (QED) is 0.631. The van der Waals surface area contributed by atoms with Gasteiger partial charge in [0.05, 0.1) is 5.38 Å². The van der Waals surface area contributed by atoms with Crippen molar-refractivity contribution < 1.29 is 0 Å². The monoisotopic (exact) mass is 218 g/mol. The highest BCUT2D eigenvalue weighted by molar-refractivity contribution is 9.10. The Balaban J connectivity index is 2.96. The van der Waals surface area contributed by atoms with Gasteiger partial charge in [0, 0.05) is 4.47 Å². The summed E-state index contributed by atoms with van der Waals surface area (Å²) in [4.78, 5) is 0. The molecule has 1 atom stereocenters. The van der Waals surface area contributed by atoms with Gasteiger partial charge in [0.25, 0.3) is 0 Å². The standard InChI is InChI=1S/C8H8BrCl/c1-6(10)7-3-2-4-8(9)5-7/h2-6H,1H3/t6-/m1/s1. The second-order valence-electron chi connectivity index (χ2n) is 2.17. The molecule has 0 amide bonds. The summed E-state index contributed by atoms with van der Waals surface area (Å²) in [5.74, 6) is 0. The Morgan fingerprint density at radius 2 is 2.20 bits per heavy atom. The fourth-order valence-corrected chi connectivity index (χ4v) is 1.31. The lowest BCUT2D eigenvalue weighted by Gasteiger charge is -2.01. The largest absolute Gasteiger partial charge is 0.118 e. The first-order chi connectivity index (χ1) is 4.70. The molecule has 0 fully saturated rings. The molecule has 0 aliphatic carbocycles. The molecule has 2 heteroatoms. The van der Waals surface area contributed by atoms with Gasteiger partial charge < -0.3 is 0 Å². The van der Waals surface area contributed by atoms with Crippen LogP contribution in [0.4, 0.5) is 0 Å². The van der Waals surface area contributed by atoms with Gasteiger partial charge in [0.2, 0.25) is 0 Å². The summed E-state index contributed by atoms with van der Waals surface area (Å²) in [5.41, 5.74) is 1.15. The molecule has 0 radical (unpaired) electrons. The molecule has 54 valence electrons. The molecule has 0 saturated carbocycles. The molecule has 0 aliphatic heterocycles. The van der Waals surface area contributed by atoms with Crippen LogP contribution in [0.3, 0.4) is 0 Å². The first-order valence-electron chi connectivity index (χ1n) is 3.09. The number of halogens is 2. The minimum absolute atomic E-state index is 0.0949. The molecule has 0 heterocycles. The topological polar surface area (TPSA) is 0 Å². The minimum atomic E-state index is 0.0949. The highest BCUT2D eigenvalue weighted by Gasteiger charge is 1.99. The molecule has 0 N–H and O–H groups in total. The van der Waals surface area contributed by atoms with Gasteiger partial charge >= 0.3 is 0 Å². The molecule has 0 aliphatic rings.